The number of pyridine rings is 1. The van der Waals surface area contributed by atoms with Gasteiger partial charge in [0, 0.05) is 29.4 Å². The minimum atomic E-state index is -0.799. The summed E-state index contributed by atoms with van der Waals surface area (Å²) in [5.41, 5.74) is 6.21. The molecule has 0 aromatic carbocycles. The fourth-order valence-corrected chi connectivity index (χ4v) is 1.51. The zero-order chi connectivity index (χ0) is 12.0. The summed E-state index contributed by atoms with van der Waals surface area (Å²) in [6.07, 6.45) is 1.67. The van der Waals surface area contributed by atoms with E-state index >= 15 is 0 Å². The van der Waals surface area contributed by atoms with Gasteiger partial charge in [0.15, 0.2) is 0 Å². The Kier molecular flexibility index (Phi) is 5.04. The van der Waals surface area contributed by atoms with Crippen molar-refractivity contribution in [3.05, 3.63) is 12.1 Å². The van der Waals surface area contributed by atoms with E-state index in [4.69, 9.17) is 10.5 Å². The molecule has 1 atom stereocenters. The van der Waals surface area contributed by atoms with Crippen LogP contribution in [0.3, 0.4) is 0 Å². The normalized spacial score (nSPS) is 12.1. The zero-order valence-electron chi connectivity index (χ0n) is 9.53. The second-order valence-electron chi connectivity index (χ2n) is 3.23. The molecule has 1 rings (SSSR count). The van der Waals surface area contributed by atoms with Crippen molar-refractivity contribution >= 4 is 22.3 Å². The number of rotatable bonds is 6. The highest BCUT2D eigenvalue weighted by molar-refractivity contribution is 7.84. The summed E-state index contributed by atoms with van der Waals surface area (Å²) >= 11 is 0. The fraction of sp³-hybridized carbons (Fsp3) is 0.500. The van der Waals surface area contributed by atoms with E-state index in [2.05, 4.69) is 10.3 Å². The Balaban J connectivity index is 2.60. The van der Waals surface area contributed by atoms with Gasteiger partial charge < -0.3 is 15.8 Å². The third kappa shape index (κ3) is 4.06. The Morgan fingerprint density at radius 3 is 2.94 bits per heavy atom. The quantitative estimate of drug-likeness (QED) is 0.774. The molecule has 0 aliphatic heterocycles. The maximum atomic E-state index is 10.9. The Morgan fingerprint density at radius 1 is 1.56 bits per heavy atom. The van der Waals surface area contributed by atoms with Crippen molar-refractivity contribution in [2.75, 3.05) is 36.2 Å². The molecule has 1 unspecified atom stereocenters. The van der Waals surface area contributed by atoms with Gasteiger partial charge in [-0.25, -0.2) is 0 Å². The van der Waals surface area contributed by atoms with E-state index in [0.29, 0.717) is 36.3 Å². The number of nitrogens with one attached hydrogen (secondary N) is 1. The van der Waals surface area contributed by atoms with Crippen LogP contribution in [0.4, 0.5) is 11.5 Å². The molecule has 0 spiro atoms. The number of anilines is 2. The average Bonchev–Trinajstić information content (AvgIpc) is 2.22. The minimum absolute atomic E-state index is 0.435. The summed E-state index contributed by atoms with van der Waals surface area (Å²) in [5.74, 6) is 1.71. The lowest BCUT2D eigenvalue weighted by atomic mass is 10.4. The highest BCUT2D eigenvalue weighted by Crippen LogP contribution is 2.20. The van der Waals surface area contributed by atoms with Crippen LogP contribution in [-0.4, -0.2) is 34.4 Å². The molecule has 0 fully saturated rings. The predicted molar refractivity (Wildman–Crippen MR) is 67.2 cm³/mol. The molecule has 90 valence electrons. The second kappa shape index (κ2) is 6.32. The van der Waals surface area contributed by atoms with Crippen LogP contribution in [0.15, 0.2) is 12.1 Å². The fourth-order valence-electron chi connectivity index (χ4n) is 1.12. The molecule has 0 bridgehead atoms. The SMILES string of the molecule is CCOc1nc(NCCS(C)=O)ccc1N. The van der Waals surface area contributed by atoms with E-state index < -0.39 is 10.8 Å². The van der Waals surface area contributed by atoms with Gasteiger partial charge in [0.05, 0.1) is 12.3 Å². The molecule has 0 radical (unpaired) electrons. The van der Waals surface area contributed by atoms with Crippen LogP contribution in [0.2, 0.25) is 0 Å². The van der Waals surface area contributed by atoms with E-state index in [1.807, 2.05) is 6.92 Å². The monoisotopic (exact) mass is 243 g/mol. The van der Waals surface area contributed by atoms with Crippen molar-refractivity contribution in [1.29, 1.82) is 0 Å². The molecule has 0 saturated heterocycles. The molecular formula is C10H17N3O2S. The maximum absolute atomic E-state index is 10.9. The molecule has 1 aromatic heterocycles. The van der Waals surface area contributed by atoms with Gasteiger partial charge in [0.1, 0.15) is 5.82 Å². The molecule has 1 aromatic rings. The van der Waals surface area contributed by atoms with Gasteiger partial charge in [-0.1, -0.05) is 0 Å². The van der Waals surface area contributed by atoms with Gasteiger partial charge in [-0.15, -0.1) is 0 Å². The van der Waals surface area contributed by atoms with E-state index in [0.717, 1.165) is 0 Å². The van der Waals surface area contributed by atoms with Gasteiger partial charge >= 0.3 is 0 Å². The molecule has 0 aliphatic carbocycles. The maximum Gasteiger partial charge on any atom is 0.239 e. The highest BCUT2D eigenvalue weighted by atomic mass is 32.2. The lowest BCUT2D eigenvalue weighted by molar-refractivity contribution is 0.329. The van der Waals surface area contributed by atoms with E-state index in [1.165, 1.54) is 0 Å². The molecule has 0 saturated carbocycles. The van der Waals surface area contributed by atoms with Crippen molar-refractivity contribution < 1.29 is 8.95 Å². The first-order valence-electron chi connectivity index (χ1n) is 5.06. The van der Waals surface area contributed by atoms with Crippen LogP contribution in [-0.2, 0) is 10.8 Å². The first-order valence-corrected chi connectivity index (χ1v) is 6.79. The van der Waals surface area contributed by atoms with Gasteiger partial charge in [0.25, 0.3) is 0 Å². The lowest BCUT2D eigenvalue weighted by Crippen LogP contribution is -2.11. The van der Waals surface area contributed by atoms with Crippen LogP contribution in [0, 0.1) is 0 Å². The van der Waals surface area contributed by atoms with Crippen molar-refractivity contribution in [2.45, 2.75) is 6.92 Å². The average molecular weight is 243 g/mol. The number of nitrogen functional groups attached to an aromatic ring is 1. The lowest BCUT2D eigenvalue weighted by Gasteiger charge is -2.09. The first kappa shape index (κ1) is 12.8. The molecule has 3 N–H and O–H groups in total. The highest BCUT2D eigenvalue weighted by Gasteiger charge is 2.03. The van der Waals surface area contributed by atoms with Gasteiger partial charge in [-0.2, -0.15) is 4.98 Å². The summed E-state index contributed by atoms with van der Waals surface area (Å²) in [6.45, 7) is 3.02. The number of nitrogens with two attached hydrogens (primary N) is 1. The second-order valence-corrected chi connectivity index (χ2v) is 4.78. The largest absolute Gasteiger partial charge is 0.476 e. The van der Waals surface area contributed by atoms with Crippen LogP contribution in [0.1, 0.15) is 6.92 Å². The number of nitrogens with zero attached hydrogens (tertiary/aromatic N) is 1. The van der Waals surface area contributed by atoms with Crippen LogP contribution in [0.25, 0.3) is 0 Å². The van der Waals surface area contributed by atoms with Crippen LogP contribution in [0.5, 0.6) is 5.88 Å². The van der Waals surface area contributed by atoms with Gasteiger partial charge in [-0.05, 0) is 19.1 Å². The van der Waals surface area contributed by atoms with Gasteiger partial charge in [0.2, 0.25) is 5.88 Å². The predicted octanol–water partition coefficient (Wildman–Crippen LogP) is 0.853. The molecule has 1 heterocycles. The minimum Gasteiger partial charge on any atom is -0.476 e. The molecule has 0 amide bonds. The van der Waals surface area contributed by atoms with E-state index in [-0.39, 0.29) is 0 Å². The summed E-state index contributed by atoms with van der Waals surface area (Å²) in [4.78, 5) is 4.20. The van der Waals surface area contributed by atoms with Crippen molar-refractivity contribution in [1.82, 2.24) is 4.98 Å². The third-order valence-corrected chi connectivity index (χ3v) is 2.65. The number of ether oxygens (including phenoxy) is 1. The number of hydrogen-bond donors (Lipinski definition) is 2. The molecular weight excluding hydrogens is 226 g/mol. The summed E-state index contributed by atoms with van der Waals surface area (Å²) in [5, 5.41) is 3.06. The van der Waals surface area contributed by atoms with Gasteiger partial charge in [-0.3, -0.25) is 4.21 Å². The van der Waals surface area contributed by atoms with E-state index in [1.54, 1.807) is 18.4 Å². The summed E-state index contributed by atoms with van der Waals surface area (Å²) in [6, 6.07) is 3.51. The standard InChI is InChI=1S/C10H17N3O2S/c1-3-15-10-8(11)4-5-9(13-10)12-6-7-16(2)14/h4-5H,3,6-7,11H2,1-2H3,(H,12,13). The summed E-state index contributed by atoms with van der Waals surface area (Å²) in [7, 11) is -0.799. The topological polar surface area (TPSA) is 77.2 Å². The number of hydrogen-bond acceptors (Lipinski definition) is 5. The van der Waals surface area contributed by atoms with Crippen LogP contribution >= 0.6 is 0 Å². The number of aromatic nitrogens is 1. The van der Waals surface area contributed by atoms with Crippen LogP contribution < -0.4 is 15.8 Å². The third-order valence-electron chi connectivity index (χ3n) is 1.87. The first-order chi connectivity index (χ1) is 7.63. The Hall–Kier alpha value is -1.30. The smallest absolute Gasteiger partial charge is 0.239 e. The molecule has 0 aliphatic rings. The van der Waals surface area contributed by atoms with Crippen molar-refractivity contribution in [3.8, 4) is 5.88 Å². The zero-order valence-corrected chi connectivity index (χ0v) is 10.3. The van der Waals surface area contributed by atoms with Crippen molar-refractivity contribution in [2.24, 2.45) is 0 Å². The molecule has 6 heteroatoms. The Labute approximate surface area is 97.9 Å². The van der Waals surface area contributed by atoms with E-state index in [9.17, 15) is 4.21 Å². The molecule has 5 nitrogen and oxygen atoms in total. The summed E-state index contributed by atoms with van der Waals surface area (Å²) < 4.78 is 16.1. The molecule has 16 heavy (non-hydrogen) atoms. The Bertz CT molecular complexity index is 371. The van der Waals surface area contributed by atoms with Crippen molar-refractivity contribution in [3.63, 3.8) is 0 Å². The Morgan fingerprint density at radius 2 is 2.31 bits per heavy atom.